The minimum Gasteiger partial charge on any atom is -0.345 e. The SMILES string of the molecule is CSC1(CN2C(=O)CNC(=O)C2C(C)C)CCCC1. The molecule has 1 unspecified atom stereocenters. The maximum absolute atomic E-state index is 12.2. The molecule has 1 atom stereocenters. The number of thioether (sulfide) groups is 1. The quantitative estimate of drug-likeness (QED) is 0.854. The van der Waals surface area contributed by atoms with Gasteiger partial charge in [0.25, 0.3) is 0 Å². The first kappa shape index (κ1) is 14.7. The highest BCUT2D eigenvalue weighted by Gasteiger charge is 2.42. The molecule has 0 aromatic carbocycles. The van der Waals surface area contributed by atoms with E-state index in [2.05, 4.69) is 11.6 Å². The van der Waals surface area contributed by atoms with Crippen molar-refractivity contribution in [2.75, 3.05) is 19.3 Å². The molecular formula is C14H24N2O2S. The smallest absolute Gasteiger partial charge is 0.243 e. The third-order valence-electron chi connectivity index (χ3n) is 4.38. The Kier molecular flexibility index (Phi) is 4.43. The topological polar surface area (TPSA) is 49.4 Å². The Bertz CT molecular complexity index is 364. The van der Waals surface area contributed by atoms with Crippen LogP contribution in [-0.4, -0.2) is 46.8 Å². The predicted molar refractivity (Wildman–Crippen MR) is 78.1 cm³/mol. The minimum absolute atomic E-state index is 0.00356. The Labute approximate surface area is 119 Å². The Morgan fingerprint density at radius 3 is 2.53 bits per heavy atom. The fourth-order valence-electron chi connectivity index (χ4n) is 3.27. The summed E-state index contributed by atoms with van der Waals surface area (Å²) in [4.78, 5) is 26.1. The van der Waals surface area contributed by atoms with E-state index in [-0.39, 0.29) is 35.1 Å². The molecule has 0 spiro atoms. The van der Waals surface area contributed by atoms with E-state index in [4.69, 9.17) is 0 Å². The number of hydrogen-bond acceptors (Lipinski definition) is 3. The number of carbonyl (C=O) groups is 2. The molecule has 1 aliphatic heterocycles. The van der Waals surface area contributed by atoms with Crippen molar-refractivity contribution in [1.29, 1.82) is 0 Å². The molecule has 1 aliphatic carbocycles. The Morgan fingerprint density at radius 2 is 2.00 bits per heavy atom. The van der Waals surface area contributed by atoms with Gasteiger partial charge in [0.15, 0.2) is 0 Å². The van der Waals surface area contributed by atoms with Crippen LogP contribution in [0.4, 0.5) is 0 Å². The molecule has 19 heavy (non-hydrogen) atoms. The normalized spacial score (nSPS) is 26.9. The Hall–Kier alpha value is -0.710. The zero-order valence-corrected chi connectivity index (χ0v) is 12.9. The van der Waals surface area contributed by atoms with Gasteiger partial charge in [-0.15, -0.1) is 0 Å². The van der Waals surface area contributed by atoms with Crippen LogP contribution in [0.3, 0.4) is 0 Å². The van der Waals surface area contributed by atoms with E-state index in [0.717, 1.165) is 19.4 Å². The van der Waals surface area contributed by atoms with Crippen LogP contribution >= 0.6 is 11.8 Å². The predicted octanol–water partition coefficient (Wildman–Crippen LogP) is 1.65. The zero-order valence-electron chi connectivity index (χ0n) is 12.1. The highest BCUT2D eigenvalue weighted by atomic mass is 32.2. The average molecular weight is 284 g/mol. The molecule has 2 amide bonds. The summed E-state index contributed by atoms with van der Waals surface area (Å²) in [6, 6.07) is -0.300. The third kappa shape index (κ3) is 2.91. The van der Waals surface area contributed by atoms with Gasteiger partial charge in [-0.2, -0.15) is 11.8 Å². The van der Waals surface area contributed by atoms with Crippen LogP contribution in [0.2, 0.25) is 0 Å². The van der Waals surface area contributed by atoms with E-state index in [9.17, 15) is 9.59 Å². The van der Waals surface area contributed by atoms with Crippen LogP contribution in [0.15, 0.2) is 0 Å². The van der Waals surface area contributed by atoms with Gasteiger partial charge in [0.1, 0.15) is 6.04 Å². The van der Waals surface area contributed by atoms with Crippen molar-refractivity contribution in [2.24, 2.45) is 5.92 Å². The second-order valence-corrected chi connectivity index (χ2v) is 7.30. The van der Waals surface area contributed by atoms with Crippen molar-refractivity contribution in [3.8, 4) is 0 Å². The zero-order chi connectivity index (χ0) is 14.0. The van der Waals surface area contributed by atoms with Gasteiger partial charge in [-0.1, -0.05) is 26.7 Å². The number of piperazine rings is 1. The maximum atomic E-state index is 12.2. The van der Waals surface area contributed by atoms with Crippen molar-refractivity contribution in [1.82, 2.24) is 10.2 Å². The van der Waals surface area contributed by atoms with Gasteiger partial charge in [-0.3, -0.25) is 9.59 Å². The summed E-state index contributed by atoms with van der Waals surface area (Å²) in [6.45, 7) is 4.91. The molecule has 1 N–H and O–H groups in total. The van der Waals surface area contributed by atoms with Gasteiger partial charge in [0, 0.05) is 11.3 Å². The lowest BCUT2D eigenvalue weighted by molar-refractivity contribution is -0.147. The summed E-state index contributed by atoms with van der Waals surface area (Å²) in [5.74, 6) is 0.229. The second kappa shape index (κ2) is 5.73. The summed E-state index contributed by atoms with van der Waals surface area (Å²) in [5, 5.41) is 2.71. The lowest BCUT2D eigenvalue weighted by Gasteiger charge is -2.42. The molecule has 2 aliphatic rings. The van der Waals surface area contributed by atoms with E-state index >= 15 is 0 Å². The molecule has 0 bridgehead atoms. The molecule has 0 aromatic rings. The fraction of sp³-hybridized carbons (Fsp3) is 0.857. The van der Waals surface area contributed by atoms with E-state index < -0.39 is 0 Å². The number of amides is 2. The summed E-state index contributed by atoms with van der Waals surface area (Å²) in [6.07, 6.45) is 6.92. The molecule has 5 heteroatoms. The van der Waals surface area contributed by atoms with Crippen LogP contribution < -0.4 is 5.32 Å². The molecule has 1 saturated carbocycles. The summed E-state index contributed by atoms with van der Waals surface area (Å²) in [7, 11) is 0. The number of carbonyl (C=O) groups excluding carboxylic acids is 2. The number of rotatable bonds is 4. The van der Waals surface area contributed by atoms with E-state index in [0.29, 0.717) is 0 Å². The molecule has 108 valence electrons. The molecule has 2 rings (SSSR count). The number of nitrogens with one attached hydrogen (secondary N) is 1. The largest absolute Gasteiger partial charge is 0.345 e. The lowest BCUT2D eigenvalue weighted by Crippen LogP contribution is -2.62. The minimum atomic E-state index is -0.300. The lowest BCUT2D eigenvalue weighted by atomic mass is 9.96. The van der Waals surface area contributed by atoms with E-state index in [1.807, 2.05) is 30.5 Å². The third-order valence-corrected chi connectivity index (χ3v) is 5.78. The summed E-state index contributed by atoms with van der Waals surface area (Å²) >= 11 is 1.86. The Balaban J connectivity index is 2.18. The van der Waals surface area contributed by atoms with E-state index in [1.165, 1.54) is 12.8 Å². The van der Waals surface area contributed by atoms with Crippen LogP contribution in [0.1, 0.15) is 39.5 Å². The standard InChI is InChI=1S/C14H24N2O2S/c1-10(2)12-13(18)15-8-11(17)16(12)9-14(19-3)6-4-5-7-14/h10,12H,4-9H2,1-3H3,(H,15,18). The first-order valence-electron chi connectivity index (χ1n) is 7.11. The van der Waals surface area contributed by atoms with Gasteiger partial charge in [0.05, 0.1) is 6.54 Å². The molecule has 1 heterocycles. The van der Waals surface area contributed by atoms with Crippen molar-refractivity contribution < 1.29 is 9.59 Å². The monoisotopic (exact) mass is 284 g/mol. The van der Waals surface area contributed by atoms with Gasteiger partial charge in [-0.05, 0) is 25.0 Å². The molecule has 1 saturated heterocycles. The first-order chi connectivity index (χ1) is 8.99. The highest BCUT2D eigenvalue weighted by molar-refractivity contribution is 8.00. The highest BCUT2D eigenvalue weighted by Crippen LogP contribution is 2.41. The van der Waals surface area contributed by atoms with Crippen molar-refractivity contribution in [3.05, 3.63) is 0 Å². The van der Waals surface area contributed by atoms with Gasteiger partial charge in [-0.25, -0.2) is 0 Å². The average Bonchev–Trinajstić information content (AvgIpc) is 2.83. The van der Waals surface area contributed by atoms with E-state index in [1.54, 1.807) is 0 Å². The second-order valence-electron chi connectivity index (χ2n) is 6.02. The van der Waals surface area contributed by atoms with Crippen molar-refractivity contribution in [2.45, 2.75) is 50.3 Å². The van der Waals surface area contributed by atoms with Crippen LogP contribution in [0, 0.1) is 5.92 Å². The van der Waals surface area contributed by atoms with Gasteiger partial charge >= 0.3 is 0 Å². The van der Waals surface area contributed by atoms with Gasteiger partial charge < -0.3 is 10.2 Å². The molecule has 0 aromatic heterocycles. The number of nitrogens with zero attached hydrogens (tertiary/aromatic N) is 1. The van der Waals surface area contributed by atoms with Crippen LogP contribution in [0.25, 0.3) is 0 Å². The van der Waals surface area contributed by atoms with Crippen LogP contribution in [0.5, 0.6) is 0 Å². The molecule has 0 radical (unpaired) electrons. The fourth-order valence-corrected chi connectivity index (χ4v) is 4.24. The first-order valence-corrected chi connectivity index (χ1v) is 8.34. The summed E-state index contributed by atoms with van der Waals surface area (Å²) < 4.78 is 0.167. The van der Waals surface area contributed by atoms with Crippen molar-refractivity contribution >= 4 is 23.6 Å². The van der Waals surface area contributed by atoms with Crippen molar-refractivity contribution in [3.63, 3.8) is 0 Å². The Morgan fingerprint density at radius 1 is 1.37 bits per heavy atom. The maximum Gasteiger partial charge on any atom is 0.243 e. The van der Waals surface area contributed by atoms with Gasteiger partial charge in [0.2, 0.25) is 11.8 Å². The number of hydrogen-bond donors (Lipinski definition) is 1. The molecule has 4 nitrogen and oxygen atoms in total. The molecule has 2 fully saturated rings. The molecular weight excluding hydrogens is 260 g/mol. The van der Waals surface area contributed by atoms with Crippen LogP contribution in [-0.2, 0) is 9.59 Å². The summed E-state index contributed by atoms with van der Waals surface area (Å²) in [5.41, 5.74) is 0.